The summed E-state index contributed by atoms with van der Waals surface area (Å²) in [4.78, 5) is 14.9. The molecule has 1 aliphatic heterocycles. The van der Waals surface area contributed by atoms with Crippen LogP contribution in [0.1, 0.15) is 32.3 Å². The maximum Gasteiger partial charge on any atom is 0.231 e. The highest BCUT2D eigenvalue weighted by Crippen LogP contribution is 2.25. The van der Waals surface area contributed by atoms with Crippen molar-refractivity contribution in [3.63, 3.8) is 0 Å². The largest absolute Gasteiger partial charge is 0.491 e. The number of amides is 1. The molecule has 4 rings (SSSR count). The standard InChI is InChI=1S/C22H26ClN5O2/c1-15(2)30-18-9-7-16(8-10-18)13-24-21(29)17-5-3-11-27(14-17)22-26-25-20-19(23)6-4-12-28(20)22/h4,6-10,12,15,17H,3,5,11,13-14H2,1-2H3,(H,24,29)/t17-/m0/s1. The summed E-state index contributed by atoms with van der Waals surface area (Å²) in [7, 11) is 0. The van der Waals surface area contributed by atoms with Crippen LogP contribution in [0.5, 0.6) is 5.75 Å². The minimum absolute atomic E-state index is 0.0639. The molecule has 0 radical (unpaired) electrons. The van der Waals surface area contributed by atoms with E-state index in [1.807, 2.05) is 54.8 Å². The van der Waals surface area contributed by atoms with E-state index in [-0.39, 0.29) is 17.9 Å². The van der Waals surface area contributed by atoms with Gasteiger partial charge >= 0.3 is 0 Å². The lowest BCUT2D eigenvalue weighted by Gasteiger charge is -2.32. The van der Waals surface area contributed by atoms with Gasteiger partial charge in [0.2, 0.25) is 11.9 Å². The third-order valence-corrected chi connectivity index (χ3v) is 5.50. The van der Waals surface area contributed by atoms with E-state index in [4.69, 9.17) is 16.3 Å². The second kappa shape index (κ2) is 8.92. The number of nitrogens with one attached hydrogen (secondary N) is 1. The molecule has 1 atom stereocenters. The van der Waals surface area contributed by atoms with E-state index in [0.29, 0.717) is 23.8 Å². The second-order valence-corrected chi connectivity index (χ2v) is 8.27. The molecule has 0 bridgehead atoms. The Hall–Kier alpha value is -2.80. The molecule has 2 aromatic heterocycles. The number of benzene rings is 1. The van der Waals surface area contributed by atoms with Gasteiger partial charge in [-0.15, -0.1) is 10.2 Å². The zero-order chi connectivity index (χ0) is 21.1. The van der Waals surface area contributed by atoms with Crippen LogP contribution in [0.2, 0.25) is 5.02 Å². The molecule has 1 saturated heterocycles. The first-order chi connectivity index (χ1) is 14.5. The summed E-state index contributed by atoms with van der Waals surface area (Å²) < 4.78 is 7.54. The summed E-state index contributed by atoms with van der Waals surface area (Å²) in [5.74, 6) is 1.54. The monoisotopic (exact) mass is 427 g/mol. The number of fused-ring (bicyclic) bond motifs is 1. The van der Waals surface area contributed by atoms with Gasteiger partial charge in [-0.1, -0.05) is 23.7 Å². The number of nitrogens with zero attached hydrogens (tertiary/aromatic N) is 4. The van der Waals surface area contributed by atoms with Crippen molar-refractivity contribution in [3.8, 4) is 5.75 Å². The molecule has 30 heavy (non-hydrogen) atoms. The predicted octanol–water partition coefficient (Wildman–Crippen LogP) is 3.70. The van der Waals surface area contributed by atoms with Gasteiger partial charge in [-0.3, -0.25) is 9.20 Å². The summed E-state index contributed by atoms with van der Waals surface area (Å²) in [6.07, 6.45) is 3.83. The molecule has 7 nitrogen and oxygen atoms in total. The van der Waals surface area contributed by atoms with Crippen LogP contribution < -0.4 is 15.0 Å². The third-order valence-electron chi connectivity index (χ3n) is 5.21. The van der Waals surface area contributed by atoms with E-state index in [1.54, 1.807) is 6.07 Å². The lowest BCUT2D eigenvalue weighted by molar-refractivity contribution is -0.125. The number of rotatable bonds is 6. The fourth-order valence-electron chi connectivity index (χ4n) is 3.75. The molecule has 0 unspecified atom stereocenters. The first-order valence-corrected chi connectivity index (χ1v) is 10.7. The van der Waals surface area contributed by atoms with Gasteiger partial charge in [0.05, 0.1) is 17.0 Å². The quantitative estimate of drug-likeness (QED) is 0.649. The summed E-state index contributed by atoms with van der Waals surface area (Å²) in [5.41, 5.74) is 1.68. The molecule has 158 valence electrons. The number of aromatic nitrogens is 3. The average molecular weight is 428 g/mol. The maximum absolute atomic E-state index is 12.8. The molecule has 0 spiro atoms. The number of carbonyl (C=O) groups excluding carboxylic acids is 1. The Kier molecular flexibility index (Phi) is 6.08. The Morgan fingerprint density at radius 2 is 2.07 bits per heavy atom. The number of pyridine rings is 1. The molecule has 1 N–H and O–H groups in total. The zero-order valence-electron chi connectivity index (χ0n) is 17.2. The summed E-state index contributed by atoms with van der Waals surface area (Å²) in [6, 6.07) is 11.5. The highest BCUT2D eigenvalue weighted by atomic mass is 35.5. The maximum atomic E-state index is 12.8. The SMILES string of the molecule is CC(C)Oc1ccc(CNC(=O)[C@H]2CCCN(c3nnc4c(Cl)cccn34)C2)cc1. The molecule has 0 aliphatic carbocycles. The molecule has 1 aliphatic rings. The molecule has 1 amide bonds. The number of hydrogen-bond acceptors (Lipinski definition) is 5. The van der Waals surface area contributed by atoms with Crippen molar-refractivity contribution < 1.29 is 9.53 Å². The van der Waals surface area contributed by atoms with Crippen LogP contribution in [-0.2, 0) is 11.3 Å². The smallest absolute Gasteiger partial charge is 0.231 e. The number of carbonyl (C=O) groups is 1. The third kappa shape index (κ3) is 4.51. The molecule has 3 heterocycles. The Balaban J connectivity index is 1.37. The van der Waals surface area contributed by atoms with Crippen molar-refractivity contribution >= 4 is 29.1 Å². The van der Waals surface area contributed by atoms with Crippen LogP contribution >= 0.6 is 11.6 Å². The normalized spacial score (nSPS) is 16.8. The van der Waals surface area contributed by atoms with Crippen LogP contribution in [-0.4, -0.2) is 39.7 Å². The van der Waals surface area contributed by atoms with Gasteiger partial charge in [-0.05, 0) is 56.5 Å². The van der Waals surface area contributed by atoms with Crippen molar-refractivity contribution in [3.05, 3.63) is 53.2 Å². The van der Waals surface area contributed by atoms with Gasteiger partial charge in [0.1, 0.15) is 5.75 Å². The van der Waals surface area contributed by atoms with Crippen LogP contribution in [0, 0.1) is 5.92 Å². The fourth-order valence-corrected chi connectivity index (χ4v) is 3.95. The van der Waals surface area contributed by atoms with Gasteiger partial charge in [-0.25, -0.2) is 0 Å². The first kappa shape index (κ1) is 20.5. The number of ether oxygens (including phenoxy) is 1. The van der Waals surface area contributed by atoms with E-state index >= 15 is 0 Å². The molecule has 3 aromatic rings. The van der Waals surface area contributed by atoms with Gasteiger partial charge in [0, 0.05) is 25.8 Å². The highest BCUT2D eigenvalue weighted by Gasteiger charge is 2.28. The minimum Gasteiger partial charge on any atom is -0.491 e. The average Bonchev–Trinajstić information content (AvgIpc) is 3.18. The van der Waals surface area contributed by atoms with E-state index in [9.17, 15) is 4.79 Å². The summed E-state index contributed by atoms with van der Waals surface area (Å²) in [6.45, 7) is 5.95. The highest BCUT2D eigenvalue weighted by molar-refractivity contribution is 6.33. The van der Waals surface area contributed by atoms with Crippen LogP contribution in [0.3, 0.4) is 0 Å². The van der Waals surface area contributed by atoms with Crippen LogP contribution in [0.15, 0.2) is 42.6 Å². The molecule has 0 saturated carbocycles. The molecule has 8 heteroatoms. The summed E-state index contributed by atoms with van der Waals surface area (Å²) in [5, 5.41) is 12.1. The number of anilines is 1. The van der Waals surface area contributed by atoms with Crippen molar-refractivity contribution in [1.29, 1.82) is 0 Å². The predicted molar refractivity (Wildman–Crippen MR) is 117 cm³/mol. The lowest BCUT2D eigenvalue weighted by atomic mass is 9.97. The van der Waals surface area contributed by atoms with E-state index in [1.165, 1.54) is 0 Å². The summed E-state index contributed by atoms with van der Waals surface area (Å²) >= 11 is 6.21. The topological polar surface area (TPSA) is 71.8 Å². The van der Waals surface area contributed by atoms with Gasteiger partial charge in [0.25, 0.3) is 0 Å². The minimum atomic E-state index is -0.0890. The Morgan fingerprint density at radius 1 is 1.27 bits per heavy atom. The van der Waals surface area contributed by atoms with Gasteiger partial charge < -0.3 is 15.0 Å². The Bertz CT molecular complexity index is 1020. The van der Waals surface area contributed by atoms with Crippen LogP contribution in [0.25, 0.3) is 5.65 Å². The molecule has 1 aromatic carbocycles. The molecule has 1 fully saturated rings. The number of halogens is 1. The second-order valence-electron chi connectivity index (χ2n) is 7.86. The van der Waals surface area contributed by atoms with Crippen molar-refractivity contribution in [1.82, 2.24) is 19.9 Å². The Morgan fingerprint density at radius 3 is 2.83 bits per heavy atom. The number of piperidine rings is 1. The Labute approximate surface area is 181 Å². The fraction of sp³-hybridized carbons (Fsp3) is 0.409. The van der Waals surface area contributed by atoms with E-state index < -0.39 is 0 Å². The zero-order valence-corrected chi connectivity index (χ0v) is 18.0. The van der Waals surface area contributed by atoms with E-state index in [0.717, 1.165) is 36.6 Å². The number of hydrogen-bond donors (Lipinski definition) is 1. The van der Waals surface area contributed by atoms with Crippen molar-refractivity contribution in [2.75, 3.05) is 18.0 Å². The molecular formula is C22H26ClN5O2. The van der Waals surface area contributed by atoms with Gasteiger partial charge in [0.15, 0.2) is 5.65 Å². The van der Waals surface area contributed by atoms with Crippen LogP contribution in [0.4, 0.5) is 5.95 Å². The van der Waals surface area contributed by atoms with Crippen molar-refractivity contribution in [2.45, 2.75) is 39.3 Å². The van der Waals surface area contributed by atoms with Crippen molar-refractivity contribution in [2.24, 2.45) is 5.92 Å². The first-order valence-electron chi connectivity index (χ1n) is 10.3. The lowest BCUT2D eigenvalue weighted by Crippen LogP contribution is -2.43. The molecular weight excluding hydrogens is 402 g/mol. The van der Waals surface area contributed by atoms with E-state index in [2.05, 4.69) is 20.4 Å². The van der Waals surface area contributed by atoms with Gasteiger partial charge in [-0.2, -0.15) is 0 Å².